The second kappa shape index (κ2) is 8.93. The van der Waals surface area contributed by atoms with Crippen LogP contribution in [0.15, 0.2) is 17.2 Å². The molecule has 1 aromatic rings. The fourth-order valence-electron chi connectivity index (χ4n) is 2.35. The second-order valence-electron chi connectivity index (χ2n) is 5.18. The predicted octanol–water partition coefficient (Wildman–Crippen LogP) is 1.19. The fourth-order valence-corrected chi connectivity index (χ4v) is 2.35. The van der Waals surface area contributed by atoms with Crippen molar-refractivity contribution in [3.05, 3.63) is 17.7 Å². The molecule has 1 heterocycles. The standard InChI is InChI=1S/C17H22N2O7/c1-5-25-15(21)6-7-19-14(20)10-26-17(18-19)11-8-12(22-2)16(24-4)13(9-11)23-3/h8-9H,5-7,10H2,1-4H3. The molecule has 0 radical (unpaired) electrons. The maximum Gasteiger partial charge on any atom is 0.307 e. The van der Waals surface area contributed by atoms with Crippen molar-refractivity contribution in [2.24, 2.45) is 5.10 Å². The Morgan fingerprint density at radius 1 is 1.19 bits per heavy atom. The summed E-state index contributed by atoms with van der Waals surface area (Å²) in [5, 5.41) is 5.38. The highest BCUT2D eigenvalue weighted by Gasteiger charge is 2.25. The van der Waals surface area contributed by atoms with Gasteiger partial charge in [-0.05, 0) is 19.1 Å². The SMILES string of the molecule is CCOC(=O)CCN1N=C(c2cc(OC)c(OC)c(OC)c2)OCC1=O. The number of esters is 1. The molecule has 0 unspecified atom stereocenters. The molecule has 0 aliphatic carbocycles. The summed E-state index contributed by atoms with van der Waals surface area (Å²) in [7, 11) is 4.50. The summed E-state index contributed by atoms with van der Waals surface area (Å²) in [5.74, 6) is 0.784. The Morgan fingerprint density at radius 3 is 2.38 bits per heavy atom. The molecule has 9 heteroatoms. The number of hydrazone groups is 1. The Bertz CT molecular complexity index is 677. The lowest BCUT2D eigenvalue weighted by atomic mass is 10.1. The van der Waals surface area contributed by atoms with Gasteiger partial charge in [0.25, 0.3) is 5.91 Å². The molecule has 1 aromatic carbocycles. The number of hydrogen-bond acceptors (Lipinski definition) is 8. The van der Waals surface area contributed by atoms with Gasteiger partial charge < -0.3 is 23.7 Å². The Labute approximate surface area is 151 Å². The summed E-state index contributed by atoms with van der Waals surface area (Å²) in [6.07, 6.45) is 0.0472. The first-order chi connectivity index (χ1) is 12.5. The normalized spacial score (nSPS) is 13.6. The van der Waals surface area contributed by atoms with E-state index >= 15 is 0 Å². The molecule has 1 aliphatic rings. The highest BCUT2D eigenvalue weighted by Crippen LogP contribution is 2.38. The zero-order valence-electron chi connectivity index (χ0n) is 15.2. The molecule has 142 valence electrons. The number of carbonyl (C=O) groups excluding carboxylic acids is 2. The smallest absolute Gasteiger partial charge is 0.307 e. The first-order valence-electron chi connectivity index (χ1n) is 8.01. The summed E-state index contributed by atoms with van der Waals surface area (Å²) in [4.78, 5) is 23.5. The van der Waals surface area contributed by atoms with Crippen LogP contribution in [0, 0.1) is 0 Å². The van der Waals surface area contributed by atoms with Crippen molar-refractivity contribution in [3.8, 4) is 17.2 Å². The van der Waals surface area contributed by atoms with E-state index in [9.17, 15) is 9.59 Å². The Kier molecular flexibility index (Phi) is 6.65. The van der Waals surface area contributed by atoms with E-state index < -0.39 is 5.97 Å². The first kappa shape index (κ1) is 19.4. The minimum atomic E-state index is -0.392. The zero-order chi connectivity index (χ0) is 19.1. The van der Waals surface area contributed by atoms with E-state index in [0.717, 1.165) is 0 Å². The summed E-state index contributed by atoms with van der Waals surface area (Å²) in [6.45, 7) is 1.93. The zero-order valence-corrected chi connectivity index (χ0v) is 15.2. The molecule has 0 aromatic heterocycles. The van der Waals surface area contributed by atoms with Crippen LogP contribution >= 0.6 is 0 Å². The Balaban J connectivity index is 2.27. The topological polar surface area (TPSA) is 95.9 Å². The van der Waals surface area contributed by atoms with Gasteiger partial charge in [-0.2, -0.15) is 0 Å². The van der Waals surface area contributed by atoms with Gasteiger partial charge in [-0.25, -0.2) is 5.01 Å². The van der Waals surface area contributed by atoms with Crippen molar-refractivity contribution in [3.63, 3.8) is 0 Å². The number of hydrogen-bond donors (Lipinski definition) is 0. The molecule has 0 N–H and O–H groups in total. The summed E-state index contributed by atoms with van der Waals surface area (Å²) in [5.41, 5.74) is 0.549. The number of rotatable bonds is 8. The van der Waals surface area contributed by atoms with E-state index in [1.807, 2.05) is 0 Å². The van der Waals surface area contributed by atoms with Gasteiger partial charge in [0, 0.05) is 5.56 Å². The number of benzene rings is 1. The molecule has 1 amide bonds. The fraction of sp³-hybridized carbons (Fsp3) is 0.471. The molecule has 0 atom stereocenters. The lowest BCUT2D eigenvalue weighted by molar-refractivity contribution is -0.144. The van der Waals surface area contributed by atoms with Crippen LogP contribution in [0.1, 0.15) is 18.9 Å². The van der Waals surface area contributed by atoms with E-state index in [1.54, 1.807) is 19.1 Å². The molecule has 1 aliphatic heterocycles. The van der Waals surface area contributed by atoms with Crippen molar-refractivity contribution in [1.29, 1.82) is 0 Å². The average Bonchev–Trinajstić information content (AvgIpc) is 2.66. The highest BCUT2D eigenvalue weighted by molar-refractivity contribution is 5.99. The molecule has 26 heavy (non-hydrogen) atoms. The van der Waals surface area contributed by atoms with E-state index in [1.165, 1.54) is 26.3 Å². The molecule has 2 rings (SSSR count). The number of methoxy groups -OCH3 is 3. The number of carbonyl (C=O) groups is 2. The maximum atomic E-state index is 12.0. The van der Waals surface area contributed by atoms with Gasteiger partial charge in [-0.1, -0.05) is 0 Å². The maximum absolute atomic E-state index is 12.0. The van der Waals surface area contributed by atoms with Crippen molar-refractivity contribution < 1.29 is 33.3 Å². The van der Waals surface area contributed by atoms with Crippen LogP contribution in [-0.4, -0.2) is 63.9 Å². The monoisotopic (exact) mass is 366 g/mol. The Morgan fingerprint density at radius 2 is 1.85 bits per heavy atom. The van der Waals surface area contributed by atoms with Crippen LogP contribution in [0.4, 0.5) is 0 Å². The van der Waals surface area contributed by atoms with E-state index in [2.05, 4.69) is 5.10 Å². The third-order valence-electron chi connectivity index (χ3n) is 3.58. The predicted molar refractivity (Wildman–Crippen MR) is 91.6 cm³/mol. The molecule has 0 saturated carbocycles. The number of ether oxygens (including phenoxy) is 5. The van der Waals surface area contributed by atoms with E-state index in [0.29, 0.717) is 22.8 Å². The van der Waals surface area contributed by atoms with E-state index in [4.69, 9.17) is 23.7 Å². The van der Waals surface area contributed by atoms with Crippen LogP contribution < -0.4 is 14.2 Å². The van der Waals surface area contributed by atoms with Crippen molar-refractivity contribution in [2.45, 2.75) is 13.3 Å². The summed E-state index contributed by atoms with van der Waals surface area (Å²) < 4.78 is 26.2. The third kappa shape index (κ3) is 4.35. The third-order valence-corrected chi connectivity index (χ3v) is 3.58. The van der Waals surface area contributed by atoms with Crippen LogP contribution in [0.5, 0.6) is 17.2 Å². The molecule has 0 spiro atoms. The van der Waals surface area contributed by atoms with Gasteiger partial charge in [-0.3, -0.25) is 9.59 Å². The van der Waals surface area contributed by atoms with Crippen molar-refractivity contribution in [1.82, 2.24) is 5.01 Å². The van der Waals surface area contributed by atoms with Gasteiger partial charge in [0.2, 0.25) is 11.6 Å². The molecular weight excluding hydrogens is 344 g/mol. The first-order valence-corrected chi connectivity index (χ1v) is 8.01. The second-order valence-corrected chi connectivity index (χ2v) is 5.18. The van der Waals surface area contributed by atoms with Crippen LogP contribution in [0.3, 0.4) is 0 Å². The molecule has 9 nitrogen and oxygen atoms in total. The number of amides is 1. The number of nitrogens with zero attached hydrogens (tertiary/aromatic N) is 2. The quantitative estimate of drug-likeness (QED) is 0.638. The minimum absolute atomic E-state index is 0.0472. The summed E-state index contributed by atoms with van der Waals surface area (Å²) in [6, 6.07) is 3.33. The van der Waals surface area contributed by atoms with Gasteiger partial charge in [0.15, 0.2) is 18.1 Å². The van der Waals surface area contributed by atoms with Gasteiger partial charge in [0.1, 0.15) is 0 Å². The Hall–Kier alpha value is -2.97. The van der Waals surface area contributed by atoms with Crippen LogP contribution in [0.25, 0.3) is 0 Å². The molecule has 0 saturated heterocycles. The molecule has 0 bridgehead atoms. The van der Waals surface area contributed by atoms with Gasteiger partial charge in [0.05, 0.1) is 40.9 Å². The lowest BCUT2D eigenvalue weighted by Gasteiger charge is -2.24. The molecular formula is C17H22N2O7. The molecule has 0 fully saturated rings. The highest BCUT2D eigenvalue weighted by atomic mass is 16.5. The minimum Gasteiger partial charge on any atom is -0.493 e. The van der Waals surface area contributed by atoms with Crippen molar-refractivity contribution in [2.75, 3.05) is 41.1 Å². The van der Waals surface area contributed by atoms with Crippen LogP contribution in [0.2, 0.25) is 0 Å². The average molecular weight is 366 g/mol. The van der Waals surface area contributed by atoms with Gasteiger partial charge >= 0.3 is 5.97 Å². The largest absolute Gasteiger partial charge is 0.493 e. The van der Waals surface area contributed by atoms with Gasteiger partial charge in [-0.15, -0.1) is 5.10 Å². The van der Waals surface area contributed by atoms with Crippen LogP contribution in [-0.2, 0) is 19.1 Å². The van der Waals surface area contributed by atoms with E-state index in [-0.39, 0.29) is 38.0 Å². The summed E-state index contributed by atoms with van der Waals surface area (Å²) >= 11 is 0. The lowest BCUT2D eigenvalue weighted by Crippen LogP contribution is -2.38. The van der Waals surface area contributed by atoms with Crippen molar-refractivity contribution >= 4 is 17.8 Å².